The lowest BCUT2D eigenvalue weighted by Crippen LogP contribution is -2.40. The largest absolute Gasteiger partial charge is 0.338 e. The number of nitrogens with zero attached hydrogens (tertiary/aromatic N) is 1. The van der Waals surface area contributed by atoms with E-state index in [1.165, 1.54) is 96.6 Å². The monoisotopic (exact) mass is 353 g/mol. The molecule has 0 atom stereocenters. The van der Waals surface area contributed by atoms with E-state index in [9.17, 15) is 4.79 Å². The van der Waals surface area contributed by atoms with Crippen molar-refractivity contribution in [3.63, 3.8) is 0 Å². The smallest absolute Gasteiger partial charge is 0.314 e. The lowest BCUT2D eigenvalue weighted by molar-refractivity contribution is 0.238. The maximum Gasteiger partial charge on any atom is 0.314 e. The molecule has 1 aliphatic rings. The number of urea groups is 1. The zero-order chi connectivity index (χ0) is 18.0. The van der Waals surface area contributed by atoms with Crippen LogP contribution in [0.25, 0.3) is 0 Å². The van der Waals surface area contributed by atoms with E-state index in [1.54, 1.807) is 0 Å². The lowest BCUT2D eigenvalue weighted by atomic mass is 10.1. The molecule has 1 saturated heterocycles. The molecule has 0 radical (unpaired) electrons. The van der Waals surface area contributed by atoms with Crippen LogP contribution in [0.15, 0.2) is 0 Å². The zero-order valence-electron chi connectivity index (χ0n) is 16.8. The Kier molecular flexibility index (Phi) is 14.9. The summed E-state index contributed by atoms with van der Waals surface area (Å²) < 4.78 is 0. The number of unbranched alkanes of at least 4 members (excludes halogenated alkanes) is 11. The molecule has 0 unspecified atom stereocenters. The van der Waals surface area contributed by atoms with Crippen LogP contribution in [-0.4, -0.2) is 43.7 Å². The van der Waals surface area contributed by atoms with Gasteiger partial charge in [-0.15, -0.1) is 0 Å². The second-order valence-corrected chi connectivity index (χ2v) is 7.62. The molecule has 0 aromatic rings. The maximum atomic E-state index is 11.7. The summed E-state index contributed by atoms with van der Waals surface area (Å²) in [5, 5.41) is 5.94. The molecule has 1 fully saturated rings. The minimum absolute atomic E-state index is 0.00210. The van der Waals surface area contributed by atoms with Gasteiger partial charge in [-0.05, 0) is 32.4 Å². The first-order valence-electron chi connectivity index (χ1n) is 11.1. The normalized spacial score (nSPS) is 14.8. The summed E-state index contributed by atoms with van der Waals surface area (Å²) in [5.74, 6) is 0. The highest BCUT2D eigenvalue weighted by Gasteiger charge is 2.10. The highest BCUT2D eigenvalue weighted by molar-refractivity contribution is 5.73. The third kappa shape index (κ3) is 14.1. The molecule has 0 saturated carbocycles. The number of amides is 2. The van der Waals surface area contributed by atoms with E-state index in [0.29, 0.717) is 0 Å². The fourth-order valence-corrected chi connectivity index (χ4v) is 3.56. The number of hydrogen-bond donors (Lipinski definition) is 2. The van der Waals surface area contributed by atoms with Gasteiger partial charge in [-0.2, -0.15) is 0 Å². The van der Waals surface area contributed by atoms with Crippen molar-refractivity contribution in [3.8, 4) is 0 Å². The molecule has 0 aliphatic carbocycles. The van der Waals surface area contributed by atoms with Crippen molar-refractivity contribution in [2.45, 2.75) is 96.8 Å². The minimum Gasteiger partial charge on any atom is -0.338 e. The topological polar surface area (TPSA) is 44.4 Å². The molecule has 2 N–H and O–H groups in total. The molecule has 4 heteroatoms. The molecule has 25 heavy (non-hydrogen) atoms. The summed E-state index contributed by atoms with van der Waals surface area (Å²) >= 11 is 0. The van der Waals surface area contributed by atoms with Gasteiger partial charge in [0.25, 0.3) is 0 Å². The fourth-order valence-electron chi connectivity index (χ4n) is 3.56. The van der Waals surface area contributed by atoms with Crippen molar-refractivity contribution in [1.82, 2.24) is 15.5 Å². The predicted octanol–water partition coefficient (Wildman–Crippen LogP) is 5.08. The Morgan fingerprint density at radius 2 is 1.20 bits per heavy atom. The first-order valence-corrected chi connectivity index (χ1v) is 11.1. The Bertz CT molecular complexity index is 304. The molecule has 148 valence electrons. The van der Waals surface area contributed by atoms with E-state index >= 15 is 0 Å². The van der Waals surface area contributed by atoms with Gasteiger partial charge in [0.05, 0.1) is 0 Å². The van der Waals surface area contributed by atoms with E-state index in [-0.39, 0.29) is 6.03 Å². The Labute approximate surface area is 156 Å². The van der Waals surface area contributed by atoms with Crippen molar-refractivity contribution in [3.05, 3.63) is 0 Å². The van der Waals surface area contributed by atoms with Crippen LogP contribution in [0.5, 0.6) is 0 Å². The zero-order valence-corrected chi connectivity index (χ0v) is 16.8. The standard InChI is InChI=1S/C21H43N3O/c1-2-3-4-5-6-7-8-9-10-11-12-13-16-22-21(25)23-17-20-24-18-14-15-19-24/h2-20H2,1H3,(H2,22,23,25). The van der Waals surface area contributed by atoms with E-state index in [4.69, 9.17) is 0 Å². The Morgan fingerprint density at radius 1 is 0.720 bits per heavy atom. The molecular formula is C21H43N3O. The Hall–Kier alpha value is -0.770. The second-order valence-electron chi connectivity index (χ2n) is 7.62. The van der Waals surface area contributed by atoms with Crippen molar-refractivity contribution in [2.24, 2.45) is 0 Å². The number of hydrogen-bond acceptors (Lipinski definition) is 2. The van der Waals surface area contributed by atoms with Crippen LogP contribution >= 0.6 is 0 Å². The number of rotatable bonds is 16. The third-order valence-electron chi connectivity index (χ3n) is 5.23. The Balaban J connectivity index is 1.72. The molecule has 1 aliphatic heterocycles. The Morgan fingerprint density at radius 3 is 1.76 bits per heavy atom. The van der Waals surface area contributed by atoms with Crippen LogP contribution in [0.3, 0.4) is 0 Å². The van der Waals surface area contributed by atoms with Gasteiger partial charge in [0.15, 0.2) is 0 Å². The van der Waals surface area contributed by atoms with Gasteiger partial charge in [0, 0.05) is 19.6 Å². The van der Waals surface area contributed by atoms with E-state index < -0.39 is 0 Å². The van der Waals surface area contributed by atoms with Gasteiger partial charge < -0.3 is 15.5 Å². The minimum atomic E-state index is 0.00210. The van der Waals surface area contributed by atoms with Gasteiger partial charge in [-0.25, -0.2) is 4.79 Å². The van der Waals surface area contributed by atoms with Gasteiger partial charge in [0.1, 0.15) is 0 Å². The number of carbonyl (C=O) groups excluding carboxylic acids is 1. The average Bonchev–Trinajstić information content (AvgIpc) is 3.12. The summed E-state index contributed by atoms with van der Waals surface area (Å²) in [6, 6.07) is 0.00210. The van der Waals surface area contributed by atoms with Crippen LogP contribution < -0.4 is 10.6 Å². The quantitative estimate of drug-likeness (QED) is 0.380. The molecule has 0 aromatic heterocycles. The molecule has 0 bridgehead atoms. The van der Waals surface area contributed by atoms with E-state index in [1.807, 2.05) is 0 Å². The maximum absolute atomic E-state index is 11.7. The van der Waals surface area contributed by atoms with Crippen molar-refractivity contribution in [2.75, 3.05) is 32.7 Å². The number of likely N-dealkylation sites (tertiary alicyclic amines) is 1. The number of carbonyl (C=O) groups is 1. The van der Waals surface area contributed by atoms with Gasteiger partial charge in [0.2, 0.25) is 0 Å². The summed E-state index contributed by atoms with van der Waals surface area (Å²) in [6.07, 6.45) is 18.9. The van der Waals surface area contributed by atoms with Crippen LogP contribution in [-0.2, 0) is 0 Å². The van der Waals surface area contributed by atoms with Crippen molar-refractivity contribution < 1.29 is 4.79 Å². The first-order chi connectivity index (χ1) is 12.3. The van der Waals surface area contributed by atoms with E-state index in [0.717, 1.165) is 26.1 Å². The highest BCUT2D eigenvalue weighted by atomic mass is 16.2. The van der Waals surface area contributed by atoms with Crippen LogP contribution in [0.1, 0.15) is 96.8 Å². The molecular weight excluding hydrogens is 310 g/mol. The third-order valence-corrected chi connectivity index (χ3v) is 5.23. The summed E-state index contributed by atoms with van der Waals surface area (Å²) in [5.41, 5.74) is 0. The highest BCUT2D eigenvalue weighted by Crippen LogP contribution is 2.11. The number of nitrogens with one attached hydrogen (secondary N) is 2. The second kappa shape index (κ2) is 16.7. The summed E-state index contributed by atoms with van der Waals surface area (Å²) in [4.78, 5) is 14.1. The van der Waals surface area contributed by atoms with Crippen LogP contribution in [0.4, 0.5) is 4.79 Å². The van der Waals surface area contributed by atoms with Gasteiger partial charge in [-0.1, -0.05) is 77.6 Å². The molecule has 1 rings (SSSR count). The van der Waals surface area contributed by atoms with Crippen molar-refractivity contribution >= 4 is 6.03 Å². The molecule has 1 heterocycles. The SMILES string of the molecule is CCCCCCCCCCCCCCNC(=O)NCCN1CCCC1. The van der Waals surface area contributed by atoms with Gasteiger partial charge in [-0.3, -0.25) is 0 Å². The van der Waals surface area contributed by atoms with Crippen LogP contribution in [0.2, 0.25) is 0 Å². The van der Waals surface area contributed by atoms with Gasteiger partial charge >= 0.3 is 6.03 Å². The molecule has 0 spiro atoms. The average molecular weight is 354 g/mol. The predicted molar refractivity (Wildman–Crippen MR) is 108 cm³/mol. The molecule has 0 aromatic carbocycles. The van der Waals surface area contributed by atoms with E-state index in [2.05, 4.69) is 22.5 Å². The van der Waals surface area contributed by atoms with Crippen molar-refractivity contribution in [1.29, 1.82) is 0 Å². The summed E-state index contributed by atoms with van der Waals surface area (Å²) in [6.45, 7) is 7.24. The first kappa shape index (κ1) is 22.3. The fraction of sp³-hybridized carbons (Fsp3) is 0.952. The molecule has 4 nitrogen and oxygen atoms in total. The summed E-state index contributed by atoms with van der Waals surface area (Å²) in [7, 11) is 0. The molecule has 2 amide bonds. The van der Waals surface area contributed by atoms with Crippen LogP contribution in [0, 0.1) is 0 Å². The lowest BCUT2D eigenvalue weighted by Gasteiger charge is -2.14.